The Bertz CT molecular complexity index is 419. The first kappa shape index (κ1) is 12.0. The molecule has 2 aliphatic heterocycles. The first-order valence-corrected chi connectivity index (χ1v) is 6.95. The lowest BCUT2D eigenvalue weighted by atomic mass is 10.0. The molecule has 1 aromatic carbocycles. The number of hydrogen-bond donors (Lipinski definition) is 1. The van der Waals surface area contributed by atoms with Gasteiger partial charge in [0, 0.05) is 19.0 Å². The predicted molar refractivity (Wildman–Crippen MR) is 73.0 cm³/mol. The van der Waals surface area contributed by atoms with Crippen LogP contribution in [0.3, 0.4) is 0 Å². The number of fused-ring (bicyclic) bond motifs is 1. The van der Waals surface area contributed by atoms with Gasteiger partial charge in [0.25, 0.3) is 0 Å². The normalized spacial score (nSPS) is 23.9. The van der Waals surface area contributed by atoms with E-state index >= 15 is 0 Å². The molecule has 0 amide bonds. The van der Waals surface area contributed by atoms with Gasteiger partial charge in [0.2, 0.25) is 0 Å². The lowest BCUT2D eigenvalue weighted by Crippen LogP contribution is -2.23. The van der Waals surface area contributed by atoms with Crippen molar-refractivity contribution in [2.24, 2.45) is 5.92 Å². The molecule has 0 saturated carbocycles. The second kappa shape index (κ2) is 5.29. The zero-order chi connectivity index (χ0) is 12.4. The molecule has 3 nitrogen and oxygen atoms in total. The number of nitrogens with one attached hydrogen (secondary N) is 1. The van der Waals surface area contributed by atoms with E-state index < -0.39 is 0 Å². The number of benzene rings is 1. The van der Waals surface area contributed by atoms with Crippen molar-refractivity contribution in [3.05, 3.63) is 29.3 Å². The Balaban J connectivity index is 1.59. The minimum Gasteiger partial charge on any atom is -0.493 e. The zero-order valence-electron chi connectivity index (χ0n) is 11.1. The van der Waals surface area contributed by atoms with Crippen molar-refractivity contribution in [3.63, 3.8) is 0 Å². The van der Waals surface area contributed by atoms with E-state index in [1.807, 2.05) is 0 Å². The van der Waals surface area contributed by atoms with Crippen LogP contribution in [-0.4, -0.2) is 38.2 Å². The fraction of sp³-hybridized carbons (Fsp3) is 0.600. The van der Waals surface area contributed by atoms with Crippen LogP contribution < -0.4 is 10.1 Å². The molecule has 1 saturated heterocycles. The largest absolute Gasteiger partial charge is 0.493 e. The molecule has 3 rings (SSSR count). The lowest BCUT2D eigenvalue weighted by molar-refractivity contribution is 0.248. The third-order valence-electron chi connectivity index (χ3n) is 4.04. The minimum atomic E-state index is 0.702. The van der Waals surface area contributed by atoms with E-state index in [0.29, 0.717) is 5.92 Å². The van der Waals surface area contributed by atoms with Crippen molar-refractivity contribution in [2.45, 2.75) is 19.4 Å². The molecular weight excluding hydrogens is 224 g/mol. The summed E-state index contributed by atoms with van der Waals surface area (Å²) >= 11 is 0. The van der Waals surface area contributed by atoms with E-state index in [4.69, 9.17) is 4.74 Å². The second-order valence-corrected chi connectivity index (χ2v) is 5.59. The van der Waals surface area contributed by atoms with E-state index in [-0.39, 0.29) is 0 Å². The van der Waals surface area contributed by atoms with Crippen LogP contribution >= 0.6 is 0 Å². The van der Waals surface area contributed by atoms with Crippen molar-refractivity contribution in [1.82, 2.24) is 10.2 Å². The van der Waals surface area contributed by atoms with Gasteiger partial charge in [-0.2, -0.15) is 0 Å². The Hall–Kier alpha value is -1.06. The van der Waals surface area contributed by atoms with Gasteiger partial charge >= 0.3 is 0 Å². The third kappa shape index (κ3) is 2.68. The summed E-state index contributed by atoms with van der Waals surface area (Å²) in [5.74, 6) is 1.75. The van der Waals surface area contributed by atoms with Gasteiger partial charge in [0.15, 0.2) is 0 Å². The molecule has 0 aromatic heterocycles. The van der Waals surface area contributed by atoms with E-state index in [2.05, 4.69) is 35.5 Å². The van der Waals surface area contributed by atoms with Gasteiger partial charge < -0.3 is 15.0 Å². The standard InChI is InChI=1S/C15H22N2O/c1-17-7-5-12(10-17)11-18-15-3-2-14-9-16-6-4-13(14)8-15/h2-3,8,12,16H,4-7,9-11H2,1H3. The Morgan fingerprint density at radius 2 is 2.33 bits per heavy atom. The third-order valence-corrected chi connectivity index (χ3v) is 4.04. The highest BCUT2D eigenvalue weighted by molar-refractivity contribution is 5.37. The average Bonchev–Trinajstić information content (AvgIpc) is 2.82. The lowest BCUT2D eigenvalue weighted by Gasteiger charge is -2.18. The summed E-state index contributed by atoms with van der Waals surface area (Å²) < 4.78 is 5.96. The molecule has 1 aromatic rings. The van der Waals surface area contributed by atoms with Crippen LogP contribution in [-0.2, 0) is 13.0 Å². The van der Waals surface area contributed by atoms with E-state index in [9.17, 15) is 0 Å². The maximum Gasteiger partial charge on any atom is 0.119 e. The number of ether oxygens (including phenoxy) is 1. The summed E-state index contributed by atoms with van der Waals surface area (Å²) in [6, 6.07) is 6.55. The van der Waals surface area contributed by atoms with Gasteiger partial charge in [-0.15, -0.1) is 0 Å². The highest BCUT2D eigenvalue weighted by atomic mass is 16.5. The summed E-state index contributed by atoms with van der Waals surface area (Å²) in [5.41, 5.74) is 2.88. The molecule has 0 radical (unpaired) electrons. The molecule has 98 valence electrons. The quantitative estimate of drug-likeness (QED) is 0.878. The Kier molecular flexibility index (Phi) is 3.52. The van der Waals surface area contributed by atoms with Crippen molar-refractivity contribution in [3.8, 4) is 5.75 Å². The van der Waals surface area contributed by atoms with Crippen LogP contribution in [0.2, 0.25) is 0 Å². The number of likely N-dealkylation sites (tertiary alicyclic amines) is 1. The molecule has 2 aliphatic rings. The fourth-order valence-corrected chi connectivity index (χ4v) is 2.92. The molecule has 1 fully saturated rings. The summed E-state index contributed by atoms with van der Waals surface area (Å²) in [4.78, 5) is 2.38. The van der Waals surface area contributed by atoms with Gasteiger partial charge in [-0.1, -0.05) is 6.07 Å². The molecule has 2 heterocycles. The Labute approximate surface area is 109 Å². The SMILES string of the molecule is CN1CCC(COc2ccc3c(c2)CCNC3)C1. The second-order valence-electron chi connectivity index (χ2n) is 5.59. The average molecular weight is 246 g/mol. The summed E-state index contributed by atoms with van der Waals surface area (Å²) in [7, 11) is 2.19. The van der Waals surface area contributed by atoms with Crippen LogP contribution in [0.5, 0.6) is 5.75 Å². The molecule has 1 unspecified atom stereocenters. The molecule has 1 N–H and O–H groups in total. The fourth-order valence-electron chi connectivity index (χ4n) is 2.92. The van der Waals surface area contributed by atoms with Gasteiger partial charge in [-0.3, -0.25) is 0 Å². The van der Waals surface area contributed by atoms with Crippen LogP contribution in [0.1, 0.15) is 17.5 Å². The Morgan fingerprint density at radius 3 is 3.17 bits per heavy atom. The number of nitrogens with zero attached hydrogens (tertiary/aromatic N) is 1. The van der Waals surface area contributed by atoms with Crippen LogP contribution in [0.15, 0.2) is 18.2 Å². The van der Waals surface area contributed by atoms with Crippen molar-refractivity contribution in [2.75, 3.05) is 33.3 Å². The molecule has 18 heavy (non-hydrogen) atoms. The van der Waals surface area contributed by atoms with Gasteiger partial charge in [-0.05, 0) is 56.2 Å². The summed E-state index contributed by atoms with van der Waals surface area (Å²) in [6.45, 7) is 5.34. The van der Waals surface area contributed by atoms with Gasteiger partial charge in [-0.25, -0.2) is 0 Å². The predicted octanol–water partition coefficient (Wildman–Crippen LogP) is 1.66. The monoisotopic (exact) mass is 246 g/mol. The molecule has 0 spiro atoms. The first-order chi connectivity index (χ1) is 8.81. The highest BCUT2D eigenvalue weighted by Crippen LogP contribution is 2.22. The molecule has 1 atom stereocenters. The van der Waals surface area contributed by atoms with Crippen molar-refractivity contribution in [1.29, 1.82) is 0 Å². The minimum absolute atomic E-state index is 0.702. The van der Waals surface area contributed by atoms with Crippen molar-refractivity contribution < 1.29 is 4.74 Å². The van der Waals surface area contributed by atoms with Gasteiger partial charge in [0.05, 0.1) is 6.61 Å². The highest BCUT2D eigenvalue weighted by Gasteiger charge is 2.20. The molecule has 0 aliphatic carbocycles. The maximum atomic E-state index is 5.96. The first-order valence-electron chi connectivity index (χ1n) is 6.95. The van der Waals surface area contributed by atoms with Crippen molar-refractivity contribution >= 4 is 0 Å². The molecule has 3 heteroatoms. The van der Waals surface area contributed by atoms with Gasteiger partial charge in [0.1, 0.15) is 5.75 Å². The molecular formula is C15H22N2O. The van der Waals surface area contributed by atoms with Crippen LogP contribution in [0.4, 0.5) is 0 Å². The Morgan fingerprint density at radius 1 is 1.39 bits per heavy atom. The summed E-state index contributed by atoms with van der Waals surface area (Å²) in [5, 5.41) is 3.40. The molecule has 0 bridgehead atoms. The summed E-state index contributed by atoms with van der Waals surface area (Å²) in [6.07, 6.45) is 2.39. The number of rotatable bonds is 3. The maximum absolute atomic E-state index is 5.96. The zero-order valence-corrected chi connectivity index (χ0v) is 11.1. The topological polar surface area (TPSA) is 24.5 Å². The van der Waals surface area contributed by atoms with E-state index in [0.717, 1.165) is 31.9 Å². The van der Waals surface area contributed by atoms with Crippen LogP contribution in [0.25, 0.3) is 0 Å². The van der Waals surface area contributed by atoms with Crippen LogP contribution in [0, 0.1) is 5.92 Å². The van der Waals surface area contributed by atoms with E-state index in [1.54, 1.807) is 0 Å². The number of hydrogen-bond acceptors (Lipinski definition) is 3. The van der Waals surface area contributed by atoms with E-state index in [1.165, 1.54) is 30.6 Å². The smallest absolute Gasteiger partial charge is 0.119 e.